The van der Waals surface area contributed by atoms with Crippen molar-refractivity contribution in [2.24, 2.45) is 5.14 Å². The lowest BCUT2D eigenvalue weighted by atomic mass is 10.3. The highest BCUT2D eigenvalue weighted by molar-refractivity contribution is 7.89. The zero-order chi connectivity index (χ0) is 12.0. The smallest absolute Gasteiger partial charge is 0.220 e. The zero-order valence-electron chi connectivity index (χ0n) is 9.24. The van der Waals surface area contributed by atoms with Crippen LogP contribution in [0.5, 0.6) is 0 Å². The highest BCUT2D eigenvalue weighted by Crippen LogP contribution is 2.18. The molecule has 0 spiro atoms. The van der Waals surface area contributed by atoms with Crippen LogP contribution in [0.1, 0.15) is 25.7 Å². The van der Waals surface area contributed by atoms with E-state index in [2.05, 4.69) is 10.6 Å². The number of nitrogens with one attached hydrogen (secondary N) is 2. The van der Waals surface area contributed by atoms with Gasteiger partial charge in [0.15, 0.2) is 0 Å². The Bertz CT molecular complexity index is 325. The molecule has 94 valence electrons. The number of amides is 1. The fourth-order valence-corrected chi connectivity index (χ4v) is 1.67. The molecule has 1 aliphatic carbocycles. The Morgan fingerprint density at radius 2 is 2.00 bits per heavy atom. The summed E-state index contributed by atoms with van der Waals surface area (Å²) in [4.78, 5) is 11.2. The Morgan fingerprint density at radius 1 is 1.31 bits per heavy atom. The van der Waals surface area contributed by atoms with E-state index in [4.69, 9.17) is 5.14 Å². The monoisotopic (exact) mass is 249 g/mol. The molecule has 7 heteroatoms. The number of sulfonamides is 1. The van der Waals surface area contributed by atoms with Crippen LogP contribution < -0.4 is 15.8 Å². The van der Waals surface area contributed by atoms with Crippen molar-refractivity contribution in [3.8, 4) is 0 Å². The van der Waals surface area contributed by atoms with Crippen LogP contribution in [0.15, 0.2) is 0 Å². The van der Waals surface area contributed by atoms with Gasteiger partial charge in [0.1, 0.15) is 0 Å². The van der Waals surface area contributed by atoms with Crippen molar-refractivity contribution in [3.05, 3.63) is 0 Å². The first-order valence-corrected chi connectivity index (χ1v) is 7.19. The Hall–Kier alpha value is -0.660. The van der Waals surface area contributed by atoms with Gasteiger partial charge in [0, 0.05) is 19.0 Å². The number of nitrogens with two attached hydrogens (primary N) is 1. The first-order valence-electron chi connectivity index (χ1n) is 5.48. The third-order valence-electron chi connectivity index (χ3n) is 2.26. The molecule has 1 saturated carbocycles. The van der Waals surface area contributed by atoms with Gasteiger partial charge in [0.2, 0.25) is 15.9 Å². The minimum atomic E-state index is -3.38. The van der Waals surface area contributed by atoms with Crippen molar-refractivity contribution < 1.29 is 13.2 Å². The van der Waals surface area contributed by atoms with E-state index in [9.17, 15) is 13.2 Å². The average Bonchev–Trinajstić information content (AvgIpc) is 2.93. The summed E-state index contributed by atoms with van der Waals surface area (Å²) in [5.74, 6) is 0.0112. The summed E-state index contributed by atoms with van der Waals surface area (Å²) in [6.45, 7) is 0.969. The minimum absolute atomic E-state index is 0.0682. The Balaban J connectivity index is 1.89. The van der Waals surface area contributed by atoms with Gasteiger partial charge in [-0.15, -0.1) is 0 Å². The van der Waals surface area contributed by atoms with Crippen molar-refractivity contribution in [1.82, 2.24) is 10.6 Å². The van der Waals surface area contributed by atoms with Crippen LogP contribution in [-0.4, -0.2) is 39.2 Å². The van der Waals surface area contributed by atoms with E-state index in [1.54, 1.807) is 0 Å². The fraction of sp³-hybridized carbons (Fsp3) is 0.889. The molecule has 6 nitrogen and oxygen atoms in total. The second kappa shape index (κ2) is 6.17. The minimum Gasteiger partial charge on any atom is -0.353 e. The molecule has 1 aliphatic rings. The molecule has 0 heterocycles. The SMILES string of the molecule is NS(=O)(=O)CCNCCCC(=O)NC1CC1. The number of hydrogen-bond donors (Lipinski definition) is 3. The molecular formula is C9H19N3O3S. The molecule has 0 aromatic carbocycles. The van der Waals surface area contributed by atoms with E-state index < -0.39 is 10.0 Å². The second-order valence-electron chi connectivity index (χ2n) is 4.06. The molecule has 0 aromatic rings. The van der Waals surface area contributed by atoms with Crippen molar-refractivity contribution in [2.75, 3.05) is 18.8 Å². The predicted molar refractivity (Wildman–Crippen MR) is 61.2 cm³/mol. The van der Waals surface area contributed by atoms with Crippen LogP contribution in [0.4, 0.5) is 0 Å². The van der Waals surface area contributed by atoms with Gasteiger partial charge in [-0.3, -0.25) is 4.79 Å². The topological polar surface area (TPSA) is 101 Å². The Labute approximate surface area is 96.0 Å². The maximum absolute atomic E-state index is 11.2. The average molecular weight is 249 g/mol. The number of carbonyl (C=O) groups is 1. The van der Waals surface area contributed by atoms with Crippen LogP contribution in [0.2, 0.25) is 0 Å². The summed E-state index contributed by atoms with van der Waals surface area (Å²) >= 11 is 0. The van der Waals surface area contributed by atoms with E-state index >= 15 is 0 Å². The second-order valence-corrected chi connectivity index (χ2v) is 5.80. The quantitative estimate of drug-likeness (QED) is 0.476. The highest BCUT2D eigenvalue weighted by Gasteiger charge is 2.22. The van der Waals surface area contributed by atoms with Crippen LogP contribution in [0.3, 0.4) is 0 Å². The Kier molecular flexibility index (Phi) is 5.17. The van der Waals surface area contributed by atoms with Crippen molar-refractivity contribution in [1.29, 1.82) is 0 Å². The van der Waals surface area contributed by atoms with E-state index in [1.807, 2.05) is 0 Å². The summed E-state index contributed by atoms with van der Waals surface area (Å²) in [7, 11) is -3.38. The summed E-state index contributed by atoms with van der Waals surface area (Å²) in [5.41, 5.74) is 0. The molecule has 0 unspecified atom stereocenters. The fourth-order valence-electron chi connectivity index (χ4n) is 1.24. The highest BCUT2D eigenvalue weighted by atomic mass is 32.2. The van der Waals surface area contributed by atoms with Crippen LogP contribution >= 0.6 is 0 Å². The van der Waals surface area contributed by atoms with E-state index in [0.29, 0.717) is 32.0 Å². The number of hydrogen-bond acceptors (Lipinski definition) is 4. The molecule has 16 heavy (non-hydrogen) atoms. The van der Waals surface area contributed by atoms with Gasteiger partial charge in [-0.05, 0) is 25.8 Å². The van der Waals surface area contributed by atoms with E-state index in [1.165, 1.54) is 0 Å². The number of primary sulfonamides is 1. The lowest BCUT2D eigenvalue weighted by molar-refractivity contribution is -0.121. The molecule has 0 aromatic heterocycles. The molecule has 1 fully saturated rings. The summed E-state index contributed by atoms with van der Waals surface area (Å²) in [6, 6.07) is 0.405. The molecule has 0 radical (unpaired) electrons. The van der Waals surface area contributed by atoms with Crippen LogP contribution in [0, 0.1) is 0 Å². The summed E-state index contributed by atoms with van der Waals surface area (Å²) in [6.07, 6.45) is 3.39. The number of rotatable bonds is 8. The largest absolute Gasteiger partial charge is 0.353 e. The summed E-state index contributed by atoms with van der Waals surface area (Å²) < 4.78 is 21.1. The van der Waals surface area contributed by atoms with Crippen LogP contribution in [-0.2, 0) is 14.8 Å². The van der Waals surface area contributed by atoms with Gasteiger partial charge in [-0.25, -0.2) is 13.6 Å². The third-order valence-corrected chi connectivity index (χ3v) is 3.04. The summed E-state index contributed by atoms with van der Waals surface area (Å²) in [5, 5.41) is 10.6. The molecule has 1 rings (SSSR count). The van der Waals surface area contributed by atoms with Gasteiger partial charge < -0.3 is 10.6 Å². The normalized spacial score (nSPS) is 16.1. The molecule has 0 aliphatic heterocycles. The van der Waals surface area contributed by atoms with Gasteiger partial charge in [0.25, 0.3) is 0 Å². The van der Waals surface area contributed by atoms with Crippen molar-refractivity contribution >= 4 is 15.9 Å². The standard InChI is InChI=1S/C9H19N3O3S/c10-16(14,15)7-6-11-5-1-2-9(13)12-8-3-4-8/h8,11H,1-7H2,(H,12,13)(H2,10,14,15). The molecular weight excluding hydrogens is 230 g/mol. The molecule has 1 amide bonds. The predicted octanol–water partition coefficient (Wildman–Crippen LogP) is -1.08. The number of carbonyl (C=O) groups excluding carboxylic acids is 1. The van der Waals surface area contributed by atoms with Gasteiger partial charge in [0.05, 0.1) is 5.75 Å². The maximum atomic E-state index is 11.2. The van der Waals surface area contributed by atoms with Gasteiger partial charge in [-0.2, -0.15) is 0 Å². The lowest BCUT2D eigenvalue weighted by Gasteiger charge is -2.04. The van der Waals surface area contributed by atoms with Crippen molar-refractivity contribution in [2.45, 2.75) is 31.7 Å². The Morgan fingerprint density at radius 3 is 2.56 bits per heavy atom. The molecule has 4 N–H and O–H groups in total. The third kappa shape index (κ3) is 7.61. The first kappa shape index (κ1) is 13.4. The van der Waals surface area contributed by atoms with E-state index in [0.717, 1.165) is 12.8 Å². The molecule has 0 atom stereocenters. The van der Waals surface area contributed by atoms with E-state index in [-0.39, 0.29) is 11.7 Å². The van der Waals surface area contributed by atoms with Gasteiger partial charge in [-0.1, -0.05) is 0 Å². The van der Waals surface area contributed by atoms with Crippen molar-refractivity contribution in [3.63, 3.8) is 0 Å². The molecule has 0 saturated heterocycles. The van der Waals surface area contributed by atoms with Crippen LogP contribution in [0.25, 0.3) is 0 Å². The first-order chi connectivity index (χ1) is 7.47. The molecule has 0 bridgehead atoms. The zero-order valence-corrected chi connectivity index (χ0v) is 10.1. The maximum Gasteiger partial charge on any atom is 0.220 e. The van der Waals surface area contributed by atoms with Gasteiger partial charge >= 0.3 is 0 Å². The lowest BCUT2D eigenvalue weighted by Crippen LogP contribution is -2.29.